The number of ether oxygens (including phenoxy) is 1. The van der Waals surface area contributed by atoms with Crippen molar-refractivity contribution in [3.8, 4) is 11.4 Å². The van der Waals surface area contributed by atoms with Crippen LogP contribution in [0.5, 0.6) is 5.75 Å². The van der Waals surface area contributed by atoms with E-state index in [9.17, 15) is 9.59 Å². The molecule has 2 amide bonds. The van der Waals surface area contributed by atoms with Crippen LogP contribution in [0.2, 0.25) is 0 Å². The molecule has 0 aliphatic rings. The number of para-hydroxylation sites is 4. The van der Waals surface area contributed by atoms with Crippen molar-refractivity contribution in [2.45, 2.75) is 32.7 Å². The molecule has 1 heterocycles. The van der Waals surface area contributed by atoms with Gasteiger partial charge in [-0.15, -0.1) is 0 Å². The van der Waals surface area contributed by atoms with E-state index in [-0.39, 0.29) is 11.6 Å². The van der Waals surface area contributed by atoms with Crippen molar-refractivity contribution in [1.82, 2.24) is 14.5 Å². The normalized spacial score (nSPS) is 11.7. The molecule has 1 atom stereocenters. The molecule has 0 aliphatic carbocycles. The standard InChI is InChI=1S/C28H30N4O3/c1-4-5-19-31(28(34)30-24-17-11-12-18-25(24)35-3)20(2)26-29-23-16-10-9-15-22(23)27(33)32(26)21-13-7-6-8-14-21/h6-18,20H,4-5,19H2,1-3H3,(H,30,34). The number of rotatable bonds is 8. The number of nitrogens with zero attached hydrogens (tertiary/aromatic N) is 3. The largest absolute Gasteiger partial charge is 0.495 e. The van der Waals surface area contributed by atoms with Gasteiger partial charge in [-0.25, -0.2) is 9.78 Å². The van der Waals surface area contributed by atoms with Gasteiger partial charge in [0.15, 0.2) is 0 Å². The van der Waals surface area contributed by atoms with E-state index in [0.717, 1.165) is 12.8 Å². The zero-order valence-corrected chi connectivity index (χ0v) is 20.3. The molecule has 1 N–H and O–H groups in total. The summed E-state index contributed by atoms with van der Waals surface area (Å²) in [6.07, 6.45) is 1.73. The molecule has 1 unspecified atom stereocenters. The molecule has 35 heavy (non-hydrogen) atoms. The van der Waals surface area contributed by atoms with Gasteiger partial charge in [0, 0.05) is 6.54 Å². The topological polar surface area (TPSA) is 76.5 Å². The van der Waals surface area contributed by atoms with E-state index in [1.165, 1.54) is 0 Å². The second-order valence-corrected chi connectivity index (χ2v) is 8.32. The van der Waals surface area contributed by atoms with Crippen molar-refractivity contribution in [1.29, 1.82) is 0 Å². The van der Waals surface area contributed by atoms with Gasteiger partial charge in [0.1, 0.15) is 11.6 Å². The number of anilines is 1. The minimum absolute atomic E-state index is 0.163. The van der Waals surface area contributed by atoms with Gasteiger partial charge in [-0.3, -0.25) is 9.36 Å². The average molecular weight is 471 g/mol. The highest BCUT2D eigenvalue weighted by Gasteiger charge is 2.27. The van der Waals surface area contributed by atoms with Crippen LogP contribution in [0.25, 0.3) is 16.6 Å². The first-order valence-corrected chi connectivity index (χ1v) is 11.8. The summed E-state index contributed by atoms with van der Waals surface area (Å²) in [5.41, 5.74) is 1.73. The SMILES string of the molecule is CCCCN(C(=O)Nc1ccccc1OC)C(C)c1nc2ccccc2c(=O)n1-c1ccccc1. The summed E-state index contributed by atoms with van der Waals surface area (Å²) < 4.78 is 7.02. The summed E-state index contributed by atoms with van der Waals surface area (Å²) in [7, 11) is 1.57. The Hall–Kier alpha value is -4.13. The third-order valence-electron chi connectivity index (χ3n) is 6.02. The zero-order valence-electron chi connectivity index (χ0n) is 20.3. The molecule has 4 rings (SSSR count). The molecule has 4 aromatic rings. The molecule has 7 heteroatoms. The van der Waals surface area contributed by atoms with Gasteiger partial charge in [-0.2, -0.15) is 0 Å². The summed E-state index contributed by atoms with van der Waals surface area (Å²) in [6, 6.07) is 23.3. The van der Waals surface area contributed by atoms with Crippen molar-refractivity contribution in [2.24, 2.45) is 0 Å². The monoisotopic (exact) mass is 470 g/mol. The first-order chi connectivity index (χ1) is 17.0. The maximum atomic E-state index is 13.6. The van der Waals surface area contributed by atoms with E-state index >= 15 is 0 Å². The number of carbonyl (C=O) groups excluding carboxylic acids is 1. The van der Waals surface area contributed by atoms with Crippen molar-refractivity contribution < 1.29 is 9.53 Å². The predicted octanol–water partition coefficient (Wildman–Crippen LogP) is 5.79. The number of fused-ring (bicyclic) bond motifs is 1. The maximum Gasteiger partial charge on any atom is 0.322 e. The average Bonchev–Trinajstić information content (AvgIpc) is 2.89. The number of urea groups is 1. The van der Waals surface area contributed by atoms with Crippen LogP contribution in [0.3, 0.4) is 0 Å². The number of carbonyl (C=O) groups is 1. The van der Waals surface area contributed by atoms with E-state index in [1.54, 1.807) is 34.8 Å². The number of hydrogen-bond acceptors (Lipinski definition) is 4. The number of amides is 2. The Morgan fingerprint density at radius 3 is 2.46 bits per heavy atom. The van der Waals surface area contributed by atoms with Gasteiger partial charge < -0.3 is 15.0 Å². The van der Waals surface area contributed by atoms with Crippen molar-refractivity contribution >= 4 is 22.6 Å². The van der Waals surface area contributed by atoms with Gasteiger partial charge in [0.25, 0.3) is 5.56 Å². The highest BCUT2D eigenvalue weighted by atomic mass is 16.5. The van der Waals surface area contributed by atoms with E-state index in [4.69, 9.17) is 9.72 Å². The van der Waals surface area contributed by atoms with Crippen LogP contribution in [-0.2, 0) is 0 Å². The van der Waals surface area contributed by atoms with Crippen LogP contribution in [0, 0.1) is 0 Å². The Bertz CT molecular complexity index is 1370. The smallest absolute Gasteiger partial charge is 0.322 e. The lowest BCUT2D eigenvalue weighted by atomic mass is 10.1. The summed E-state index contributed by atoms with van der Waals surface area (Å²) in [5.74, 6) is 1.08. The number of hydrogen-bond donors (Lipinski definition) is 1. The minimum atomic E-state index is -0.478. The van der Waals surface area contributed by atoms with E-state index in [2.05, 4.69) is 12.2 Å². The third-order valence-corrected chi connectivity index (χ3v) is 6.02. The van der Waals surface area contributed by atoms with E-state index in [1.807, 2.05) is 67.6 Å². The molecule has 0 saturated heterocycles. The van der Waals surface area contributed by atoms with Gasteiger partial charge >= 0.3 is 6.03 Å². The molecule has 3 aromatic carbocycles. The minimum Gasteiger partial charge on any atom is -0.495 e. The molecule has 0 spiro atoms. The molecular weight excluding hydrogens is 440 g/mol. The first kappa shape index (κ1) is 24.0. The third kappa shape index (κ3) is 5.04. The molecular formula is C28H30N4O3. The molecule has 0 fully saturated rings. The number of nitrogens with one attached hydrogen (secondary N) is 1. The van der Waals surface area contributed by atoms with Crippen LogP contribution in [0.1, 0.15) is 38.6 Å². The summed E-state index contributed by atoms with van der Waals surface area (Å²) >= 11 is 0. The fraction of sp³-hybridized carbons (Fsp3) is 0.250. The maximum absolute atomic E-state index is 13.6. The molecule has 180 valence electrons. The number of aromatic nitrogens is 2. The van der Waals surface area contributed by atoms with Crippen LogP contribution in [0.15, 0.2) is 83.7 Å². The fourth-order valence-electron chi connectivity index (χ4n) is 4.13. The molecule has 0 saturated carbocycles. The van der Waals surface area contributed by atoms with E-state index < -0.39 is 6.04 Å². The highest BCUT2D eigenvalue weighted by molar-refractivity contribution is 5.91. The van der Waals surface area contributed by atoms with E-state index in [0.29, 0.717) is 40.4 Å². The summed E-state index contributed by atoms with van der Waals surface area (Å²) in [6.45, 7) is 4.50. The van der Waals surface area contributed by atoms with Crippen LogP contribution >= 0.6 is 0 Å². The van der Waals surface area contributed by atoms with Gasteiger partial charge in [0.05, 0.1) is 35.4 Å². The lowest BCUT2D eigenvalue weighted by molar-refractivity contribution is 0.188. The zero-order chi connectivity index (χ0) is 24.8. The first-order valence-electron chi connectivity index (χ1n) is 11.8. The molecule has 0 bridgehead atoms. The molecule has 7 nitrogen and oxygen atoms in total. The molecule has 0 radical (unpaired) electrons. The van der Waals surface area contributed by atoms with Crippen LogP contribution < -0.4 is 15.6 Å². The lowest BCUT2D eigenvalue weighted by Gasteiger charge is -2.31. The van der Waals surface area contributed by atoms with Gasteiger partial charge in [-0.05, 0) is 49.7 Å². The van der Waals surface area contributed by atoms with Crippen LogP contribution in [0.4, 0.5) is 10.5 Å². The number of benzene rings is 3. The summed E-state index contributed by atoms with van der Waals surface area (Å²) in [4.78, 5) is 33.8. The number of unbranched alkanes of at least 4 members (excludes halogenated alkanes) is 1. The van der Waals surface area contributed by atoms with Gasteiger partial charge in [-0.1, -0.05) is 55.8 Å². The van der Waals surface area contributed by atoms with Gasteiger partial charge in [0.2, 0.25) is 0 Å². The van der Waals surface area contributed by atoms with Crippen molar-refractivity contribution in [3.05, 3.63) is 95.0 Å². The Kier molecular flexibility index (Phi) is 7.45. The van der Waals surface area contributed by atoms with Crippen molar-refractivity contribution in [2.75, 3.05) is 19.0 Å². The Labute approximate surface area is 205 Å². The Balaban J connectivity index is 1.81. The lowest BCUT2D eigenvalue weighted by Crippen LogP contribution is -2.40. The molecule has 0 aliphatic heterocycles. The second-order valence-electron chi connectivity index (χ2n) is 8.32. The number of methoxy groups -OCH3 is 1. The fourth-order valence-corrected chi connectivity index (χ4v) is 4.13. The second kappa shape index (κ2) is 10.9. The predicted molar refractivity (Wildman–Crippen MR) is 139 cm³/mol. The molecule has 1 aromatic heterocycles. The Morgan fingerprint density at radius 1 is 1.03 bits per heavy atom. The summed E-state index contributed by atoms with van der Waals surface area (Å²) in [5, 5.41) is 3.51. The highest BCUT2D eigenvalue weighted by Crippen LogP contribution is 2.27. The van der Waals surface area contributed by atoms with Crippen molar-refractivity contribution in [3.63, 3.8) is 0 Å². The van der Waals surface area contributed by atoms with Crippen LogP contribution in [-0.4, -0.2) is 34.1 Å². The Morgan fingerprint density at radius 2 is 1.71 bits per heavy atom. The quantitative estimate of drug-likeness (QED) is 0.354.